The first-order valence-electron chi connectivity index (χ1n) is 20.4. The molecule has 57 heavy (non-hydrogen) atoms. The third kappa shape index (κ3) is 48.0. The highest BCUT2D eigenvalue weighted by atomic mass is 16.6. The van der Waals surface area contributed by atoms with Crippen LogP contribution in [0.2, 0.25) is 0 Å². The predicted molar refractivity (Wildman–Crippen MR) is 218 cm³/mol. The first-order valence-corrected chi connectivity index (χ1v) is 20.4. The van der Waals surface area contributed by atoms with E-state index >= 15 is 0 Å². The maximum Gasteiger partial charge on any atom is 0.337 e. The standard InChI is InChI=1S/C22H34N2O9.C18H35NO2.CH3NO/c23-18-5-7-19(8-6-18)33-22(28)17-32-15-13-30-11-9-24-20(25)16-31-14-12-29-10-3-1-2-4-21(26)27;19-18(21)16-14-12-10-8-6-4-2-1-3-5-7-9-11-13-15-17-20;2-1-3/h5-8H,1-4,9-17,23H2,(H,24,25)(H,26,27);17H,1-16H2,(H2,19,21);1H,(H2,2,3). The summed E-state index contributed by atoms with van der Waals surface area (Å²) >= 11 is 0. The van der Waals surface area contributed by atoms with Gasteiger partial charge in [0.1, 0.15) is 25.2 Å². The summed E-state index contributed by atoms with van der Waals surface area (Å²) in [4.78, 5) is 62.9. The number of rotatable bonds is 37. The molecule has 0 aromatic heterocycles. The van der Waals surface area contributed by atoms with Crippen LogP contribution in [0, 0.1) is 0 Å². The van der Waals surface area contributed by atoms with Crippen LogP contribution >= 0.6 is 0 Å². The van der Waals surface area contributed by atoms with Crippen LogP contribution in [0.15, 0.2) is 24.3 Å². The molecule has 1 aromatic rings. The van der Waals surface area contributed by atoms with Crippen molar-refractivity contribution < 1.29 is 57.6 Å². The number of nitrogens with one attached hydrogen (secondary N) is 1. The predicted octanol–water partition coefficient (Wildman–Crippen LogP) is 5.02. The molecule has 0 radical (unpaired) electrons. The number of carbonyl (C=O) groups is 6. The Morgan fingerprint density at radius 1 is 0.596 bits per heavy atom. The van der Waals surface area contributed by atoms with Gasteiger partial charge >= 0.3 is 11.9 Å². The van der Waals surface area contributed by atoms with E-state index < -0.39 is 11.9 Å². The number of primary amides is 2. The van der Waals surface area contributed by atoms with Crippen LogP contribution in [0.5, 0.6) is 5.75 Å². The molecule has 1 aromatic carbocycles. The Bertz CT molecular complexity index is 1130. The molecule has 0 saturated heterocycles. The Morgan fingerprint density at radius 2 is 1.05 bits per heavy atom. The monoisotopic (exact) mass is 813 g/mol. The molecule has 0 aliphatic heterocycles. The van der Waals surface area contributed by atoms with Crippen molar-refractivity contribution >= 4 is 42.1 Å². The summed E-state index contributed by atoms with van der Waals surface area (Å²) in [6.45, 7) is 2.07. The van der Waals surface area contributed by atoms with Gasteiger partial charge in [0.2, 0.25) is 18.2 Å². The smallest absolute Gasteiger partial charge is 0.337 e. The minimum Gasteiger partial charge on any atom is -0.481 e. The van der Waals surface area contributed by atoms with Crippen molar-refractivity contribution in [3.63, 3.8) is 0 Å². The van der Waals surface area contributed by atoms with Gasteiger partial charge in [-0.25, -0.2) is 4.79 Å². The number of carboxylic acids is 1. The second kappa shape index (κ2) is 44.6. The Morgan fingerprint density at radius 3 is 1.58 bits per heavy atom. The molecule has 16 nitrogen and oxygen atoms in total. The van der Waals surface area contributed by atoms with Gasteiger partial charge in [-0.05, 0) is 49.9 Å². The number of aldehydes is 1. The van der Waals surface area contributed by atoms with Gasteiger partial charge < -0.3 is 56.1 Å². The third-order valence-corrected chi connectivity index (χ3v) is 8.05. The summed E-state index contributed by atoms with van der Waals surface area (Å²) < 4.78 is 26.1. The fourth-order valence-corrected chi connectivity index (χ4v) is 5.08. The third-order valence-electron chi connectivity index (χ3n) is 8.05. The first-order chi connectivity index (χ1) is 27.7. The van der Waals surface area contributed by atoms with Crippen LogP contribution in [0.3, 0.4) is 0 Å². The Balaban J connectivity index is 0. The van der Waals surface area contributed by atoms with Crippen LogP contribution in [-0.2, 0) is 47.7 Å². The zero-order valence-corrected chi connectivity index (χ0v) is 34.1. The van der Waals surface area contributed by atoms with E-state index in [0.717, 1.165) is 44.8 Å². The molecule has 0 bridgehead atoms. The molecule has 0 atom stereocenters. The molecule has 0 heterocycles. The quantitative estimate of drug-likeness (QED) is 0.0195. The number of aliphatic carboxylic acids is 1. The molecule has 3 amide bonds. The normalized spacial score (nSPS) is 10.3. The van der Waals surface area contributed by atoms with Crippen molar-refractivity contribution in [2.45, 2.75) is 128 Å². The summed E-state index contributed by atoms with van der Waals surface area (Å²) in [6.07, 6.45) is 22.7. The van der Waals surface area contributed by atoms with Gasteiger partial charge in [-0.3, -0.25) is 19.2 Å². The zero-order chi connectivity index (χ0) is 42.5. The second-order valence-electron chi connectivity index (χ2n) is 13.2. The lowest BCUT2D eigenvalue weighted by atomic mass is 10.0. The number of anilines is 1. The van der Waals surface area contributed by atoms with Crippen molar-refractivity contribution in [3.05, 3.63) is 24.3 Å². The maximum atomic E-state index is 11.6. The number of benzene rings is 1. The van der Waals surface area contributed by atoms with E-state index in [1.54, 1.807) is 24.3 Å². The number of carboxylic acid groups (broad SMARTS) is 1. The summed E-state index contributed by atoms with van der Waals surface area (Å²) in [5.41, 5.74) is 15.4. The zero-order valence-electron chi connectivity index (χ0n) is 34.1. The van der Waals surface area contributed by atoms with Gasteiger partial charge in [0, 0.05) is 38.1 Å². The molecule has 0 unspecified atom stereocenters. The van der Waals surface area contributed by atoms with Gasteiger partial charge in [0.25, 0.3) is 0 Å². The van der Waals surface area contributed by atoms with E-state index in [9.17, 15) is 24.0 Å². The van der Waals surface area contributed by atoms with Crippen LogP contribution in [-0.4, -0.2) is 101 Å². The fourth-order valence-electron chi connectivity index (χ4n) is 5.08. The largest absolute Gasteiger partial charge is 0.481 e. The van der Waals surface area contributed by atoms with E-state index in [-0.39, 0.29) is 51.1 Å². The molecule has 0 aliphatic carbocycles. The summed E-state index contributed by atoms with van der Waals surface area (Å²) in [5, 5.41) is 11.2. The molecular formula is C41H72N4O12. The maximum absolute atomic E-state index is 11.6. The topological polar surface area (TPSA) is 259 Å². The highest BCUT2D eigenvalue weighted by Gasteiger charge is 2.06. The van der Waals surface area contributed by atoms with Crippen LogP contribution in [0.25, 0.3) is 0 Å². The summed E-state index contributed by atoms with van der Waals surface area (Å²) in [5.74, 6) is -1.33. The number of nitrogens with two attached hydrogens (primary N) is 3. The molecule has 328 valence electrons. The summed E-state index contributed by atoms with van der Waals surface area (Å²) in [6, 6.07) is 6.46. The van der Waals surface area contributed by atoms with E-state index in [4.69, 9.17) is 45.1 Å². The Hall–Kier alpha value is -4.12. The average molecular weight is 813 g/mol. The molecule has 16 heteroatoms. The van der Waals surface area contributed by atoms with E-state index in [0.29, 0.717) is 57.3 Å². The van der Waals surface area contributed by atoms with Crippen LogP contribution < -0.4 is 27.3 Å². The minimum atomic E-state index is -0.784. The SMILES string of the molecule is NC(=O)CCCCCCCCCCCCCCCCC=O.NC=O.Nc1ccc(OC(=O)COCCOCCNC(=O)COCCOCCCCCC(=O)O)cc1. The van der Waals surface area contributed by atoms with Crippen molar-refractivity contribution in [2.24, 2.45) is 11.5 Å². The van der Waals surface area contributed by atoms with E-state index in [1.165, 1.54) is 70.6 Å². The van der Waals surface area contributed by atoms with E-state index in [2.05, 4.69) is 11.1 Å². The highest BCUT2D eigenvalue weighted by Crippen LogP contribution is 2.14. The van der Waals surface area contributed by atoms with E-state index in [1.807, 2.05) is 0 Å². The van der Waals surface area contributed by atoms with Gasteiger partial charge in [0.15, 0.2) is 0 Å². The number of ether oxygens (including phenoxy) is 5. The highest BCUT2D eigenvalue weighted by molar-refractivity contribution is 5.77. The van der Waals surface area contributed by atoms with Gasteiger partial charge in [0.05, 0.1) is 33.0 Å². The van der Waals surface area contributed by atoms with Crippen molar-refractivity contribution in [1.82, 2.24) is 5.32 Å². The van der Waals surface area contributed by atoms with Gasteiger partial charge in [-0.2, -0.15) is 0 Å². The van der Waals surface area contributed by atoms with Crippen molar-refractivity contribution in [3.8, 4) is 5.75 Å². The first kappa shape index (κ1) is 55.0. The summed E-state index contributed by atoms with van der Waals surface area (Å²) in [7, 11) is 0. The number of nitrogen functional groups attached to an aromatic ring is 1. The number of hydrogen-bond donors (Lipinski definition) is 5. The molecule has 0 saturated carbocycles. The number of hydrogen-bond acceptors (Lipinski definition) is 12. The lowest BCUT2D eigenvalue weighted by molar-refractivity contribution is -0.140. The van der Waals surface area contributed by atoms with Crippen LogP contribution in [0.4, 0.5) is 5.69 Å². The Kier molecular flexibility index (Phi) is 43.0. The average Bonchev–Trinajstić information content (AvgIpc) is 3.17. The van der Waals surface area contributed by atoms with Crippen molar-refractivity contribution in [1.29, 1.82) is 0 Å². The van der Waals surface area contributed by atoms with Crippen LogP contribution in [0.1, 0.15) is 128 Å². The molecule has 0 fully saturated rings. The molecule has 8 N–H and O–H groups in total. The van der Waals surface area contributed by atoms with Gasteiger partial charge in [-0.1, -0.05) is 83.5 Å². The number of esters is 1. The lowest BCUT2D eigenvalue weighted by Crippen LogP contribution is -2.31. The second-order valence-corrected chi connectivity index (χ2v) is 13.2. The molecule has 1 rings (SSSR count). The minimum absolute atomic E-state index is 0.0683. The molecule has 0 spiro atoms. The molecule has 0 aliphatic rings. The van der Waals surface area contributed by atoms with Gasteiger partial charge in [-0.15, -0.1) is 0 Å². The number of carbonyl (C=O) groups excluding carboxylic acids is 5. The Labute approximate surface area is 339 Å². The molecular weight excluding hydrogens is 740 g/mol. The fraction of sp³-hybridized carbons (Fsp3) is 0.707. The van der Waals surface area contributed by atoms with Crippen molar-refractivity contribution in [2.75, 3.05) is 65.1 Å². The number of amides is 3. The number of unbranched alkanes of at least 4 members (excludes halogenated alkanes) is 16. The lowest BCUT2D eigenvalue weighted by Gasteiger charge is -2.08.